The van der Waals surface area contributed by atoms with Gasteiger partial charge < -0.3 is 20.5 Å². The van der Waals surface area contributed by atoms with Gasteiger partial charge >= 0.3 is 12.1 Å². The molecule has 1 unspecified atom stereocenters. The van der Waals surface area contributed by atoms with Crippen molar-refractivity contribution in [2.75, 3.05) is 19.7 Å². The maximum absolute atomic E-state index is 12.9. The molecule has 2 amide bonds. The monoisotopic (exact) mass is 460 g/mol. The van der Waals surface area contributed by atoms with Gasteiger partial charge in [0.25, 0.3) is 0 Å². The summed E-state index contributed by atoms with van der Waals surface area (Å²) in [6.07, 6.45) is 5.64. The van der Waals surface area contributed by atoms with Crippen molar-refractivity contribution in [3.8, 4) is 11.1 Å². The second-order valence-corrected chi connectivity index (χ2v) is 9.52. The van der Waals surface area contributed by atoms with E-state index in [0.717, 1.165) is 42.9 Å². The van der Waals surface area contributed by atoms with E-state index in [2.05, 4.69) is 34.9 Å². The number of hydrogen-bond acceptors (Lipinski definition) is 4. The van der Waals surface area contributed by atoms with Gasteiger partial charge in [-0.2, -0.15) is 0 Å². The number of carboxylic acid groups (broad SMARTS) is 1. The first-order valence-electron chi connectivity index (χ1n) is 11.7. The van der Waals surface area contributed by atoms with Gasteiger partial charge in [0.1, 0.15) is 6.61 Å². The highest BCUT2D eigenvalue weighted by Crippen LogP contribution is 2.73. The van der Waals surface area contributed by atoms with Crippen LogP contribution in [0.4, 0.5) is 4.79 Å². The van der Waals surface area contributed by atoms with E-state index in [-0.39, 0.29) is 36.9 Å². The molecule has 0 saturated heterocycles. The molecule has 5 rings (SSSR count). The lowest BCUT2D eigenvalue weighted by atomic mass is 9.74. The van der Waals surface area contributed by atoms with Crippen LogP contribution in [0, 0.1) is 10.8 Å². The van der Waals surface area contributed by atoms with Gasteiger partial charge in [-0.15, -0.1) is 0 Å². The molecule has 2 aromatic rings. The zero-order chi connectivity index (χ0) is 23.8. The van der Waals surface area contributed by atoms with Crippen molar-refractivity contribution in [3.05, 3.63) is 71.8 Å². The molecule has 0 aliphatic heterocycles. The predicted molar refractivity (Wildman–Crippen MR) is 126 cm³/mol. The molecule has 1 atom stereocenters. The van der Waals surface area contributed by atoms with E-state index in [1.165, 1.54) is 17.2 Å². The van der Waals surface area contributed by atoms with Crippen molar-refractivity contribution < 1.29 is 24.2 Å². The van der Waals surface area contributed by atoms with Crippen LogP contribution in [0.3, 0.4) is 0 Å². The average molecular weight is 461 g/mol. The molecular formula is C27H28N2O5. The third kappa shape index (κ3) is 3.75. The topological polar surface area (TPSA) is 105 Å². The van der Waals surface area contributed by atoms with E-state index in [0.29, 0.717) is 0 Å². The minimum absolute atomic E-state index is 0.0182. The maximum Gasteiger partial charge on any atom is 0.407 e. The Bertz CT molecular complexity index is 1120. The number of fused-ring (bicyclic) bond motifs is 3. The summed E-state index contributed by atoms with van der Waals surface area (Å²) in [5.74, 6) is -1.21. The number of ether oxygens (including phenoxy) is 1. The lowest BCUT2D eigenvalue weighted by molar-refractivity contribution is -0.131. The quantitative estimate of drug-likeness (QED) is 0.519. The second-order valence-electron chi connectivity index (χ2n) is 9.52. The third-order valence-electron chi connectivity index (χ3n) is 7.79. The summed E-state index contributed by atoms with van der Waals surface area (Å²) in [7, 11) is 0. The number of benzene rings is 2. The van der Waals surface area contributed by atoms with Gasteiger partial charge in [-0.25, -0.2) is 9.59 Å². The van der Waals surface area contributed by atoms with Gasteiger partial charge in [-0.1, -0.05) is 61.0 Å². The van der Waals surface area contributed by atoms with Crippen LogP contribution < -0.4 is 10.6 Å². The molecule has 3 N–H and O–H groups in total. The molecule has 0 radical (unpaired) electrons. The van der Waals surface area contributed by atoms with E-state index < -0.39 is 17.5 Å². The Morgan fingerprint density at radius 1 is 1.00 bits per heavy atom. The number of carboxylic acids is 1. The highest BCUT2D eigenvalue weighted by molar-refractivity contribution is 5.88. The normalized spacial score (nSPS) is 21.4. The van der Waals surface area contributed by atoms with Gasteiger partial charge in [-0.3, -0.25) is 4.79 Å². The Labute approximate surface area is 198 Å². The van der Waals surface area contributed by atoms with Crippen molar-refractivity contribution in [1.29, 1.82) is 0 Å². The number of hydrogen-bond donors (Lipinski definition) is 3. The van der Waals surface area contributed by atoms with E-state index in [1.807, 2.05) is 24.3 Å². The molecule has 3 aliphatic carbocycles. The maximum atomic E-state index is 12.9. The summed E-state index contributed by atoms with van der Waals surface area (Å²) in [5, 5.41) is 14.3. The molecule has 0 aromatic heterocycles. The summed E-state index contributed by atoms with van der Waals surface area (Å²) in [5.41, 5.74) is 3.95. The molecule has 0 bridgehead atoms. The zero-order valence-corrected chi connectivity index (χ0v) is 18.9. The molecular weight excluding hydrogens is 432 g/mol. The van der Waals surface area contributed by atoms with Crippen molar-refractivity contribution in [1.82, 2.24) is 10.6 Å². The smallest absolute Gasteiger partial charge is 0.407 e. The largest absolute Gasteiger partial charge is 0.478 e. The third-order valence-corrected chi connectivity index (χ3v) is 7.79. The number of alkyl carbamates (subject to hydrolysis) is 1. The standard InChI is InChI=1S/C27H28N2O5/c30-23(31)11-5-14-28-24(32)27(16-26(27)12-6-13-26)17-29-25(33)34-15-22-20-9-3-1-7-18(20)19-8-2-4-10-21(19)22/h1-5,7-11,22H,6,12-17H2,(H,28,32)(H,29,33)(H,30,31)/b11-5+. The molecule has 2 saturated carbocycles. The van der Waals surface area contributed by atoms with E-state index >= 15 is 0 Å². The Morgan fingerprint density at radius 3 is 2.21 bits per heavy atom. The molecule has 2 aromatic carbocycles. The minimum atomic E-state index is -1.05. The first-order chi connectivity index (χ1) is 16.5. The van der Waals surface area contributed by atoms with Crippen molar-refractivity contribution in [2.24, 2.45) is 10.8 Å². The molecule has 0 heterocycles. The van der Waals surface area contributed by atoms with Crippen LogP contribution in [0.1, 0.15) is 42.7 Å². The van der Waals surface area contributed by atoms with Crippen LogP contribution in [0.25, 0.3) is 11.1 Å². The van der Waals surface area contributed by atoms with Crippen molar-refractivity contribution in [3.63, 3.8) is 0 Å². The summed E-state index contributed by atoms with van der Waals surface area (Å²) in [6, 6.07) is 16.3. The minimum Gasteiger partial charge on any atom is -0.478 e. The van der Waals surface area contributed by atoms with Gasteiger partial charge in [0, 0.05) is 25.1 Å². The number of carbonyl (C=O) groups excluding carboxylic acids is 2. The summed E-state index contributed by atoms with van der Waals surface area (Å²) in [6.45, 7) is 0.593. The van der Waals surface area contributed by atoms with Crippen molar-refractivity contribution >= 4 is 18.0 Å². The van der Waals surface area contributed by atoms with E-state index in [4.69, 9.17) is 9.84 Å². The van der Waals surface area contributed by atoms with Crippen LogP contribution in [0.2, 0.25) is 0 Å². The van der Waals surface area contributed by atoms with Gasteiger partial charge in [-0.05, 0) is 46.9 Å². The molecule has 1 spiro atoms. The fourth-order valence-electron chi connectivity index (χ4n) is 5.80. The molecule has 3 aliphatic rings. The van der Waals surface area contributed by atoms with Crippen LogP contribution in [0.15, 0.2) is 60.7 Å². The first-order valence-corrected chi connectivity index (χ1v) is 11.7. The van der Waals surface area contributed by atoms with Gasteiger partial charge in [0.05, 0.1) is 5.41 Å². The number of nitrogens with one attached hydrogen (secondary N) is 2. The van der Waals surface area contributed by atoms with Crippen molar-refractivity contribution in [2.45, 2.75) is 31.6 Å². The fourth-order valence-corrected chi connectivity index (χ4v) is 5.80. The molecule has 34 heavy (non-hydrogen) atoms. The fraction of sp³-hybridized carbons (Fsp3) is 0.370. The highest BCUT2D eigenvalue weighted by Gasteiger charge is 2.73. The Balaban J connectivity index is 1.20. The Morgan fingerprint density at radius 2 is 1.65 bits per heavy atom. The number of aliphatic carboxylic acids is 1. The number of rotatable bonds is 8. The van der Waals surface area contributed by atoms with E-state index in [9.17, 15) is 14.4 Å². The molecule has 176 valence electrons. The summed E-state index contributed by atoms with van der Waals surface area (Å²) < 4.78 is 5.63. The van der Waals surface area contributed by atoms with E-state index in [1.54, 1.807) is 0 Å². The summed E-state index contributed by atoms with van der Waals surface area (Å²) in [4.78, 5) is 36.2. The Kier molecular flexibility index (Phi) is 5.63. The van der Waals surface area contributed by atoms with Gasteiger partial charge in [0.2, 0.25) is 5.91 Å². The Hall–Kier alpha value is -3.61. The first kappa shape index (κ1) is 22.2. The van der Waals surface area contributed by atoms with Crippen LogP contribution >= 0.6 is 0 Å². The molecule has 7 nitrogen and oxygen atoms in total. The van der Waals surface area contributed by atoms with Crippen LogP contribution in [-0.4, -0.2) is 42.8 Å². The summed E-state index contributed by atoms with van der Waals surface area (Å²) >= 11 is 0. The molecule has 2 fully saturated rings. The predicted octanol–water partition coefficient (Wildman–Crippen LogP) is 3.84. The number of amides is 2. The lowest BCUT2D eigenvalue weighted by Gasteiger charge is -2.32. The second kappa shape index (κ2) is 8.63. The average Bonchev–Trinajstić information content (AvgIpc) is 3.43. The lowest BCUT2D eigenvalue weighted by Crippen LogP contribution is -2.45. The van der Waals surface area contributed by atoms with Crippen LogP contribution in [-0.2, 0) is 14.3 Å². The SMILES string of the molecule is O=C(O)/C=C/CNC(=O)C1(CNC(=O)OCC2c3ccccc3-c3ccccc32)CC12CCC2. The number of carbonyl (C=O) groups is 3. The molecule has 7 heteroatoms. The van der Waals surface area contributed by atoms with Gasteiger partial charge in [0.15, 0.2) is 0 Å². The highest BCUT2D eigenvalue weighted by atomic mass is 16.5. The zero-order valence-electron chi connectivity index (χ0n) is 18.9. The van der Waals surface area contributed by atoms with Crippen LogP contribution in [0.5, 0.6) is 0 Å².